The first kappa shape index (κ1) is 22.9. The lowest BCUT2D eigenvalue weighted by atomic mass is 10.2. The van der Waals surface area contributed by atoms with Crippen molar-refractivity contribution in [3.63, 3.8) is 0 Å². The van der Waals surface area contributed by atoms with E-state index in [2.05, 4.69) is 37.1 Å². The number of aliphatic imine (C=N–C) groups is 1. The monoisotopic (exact) mass is 512 g/mol. The molecule has 4 rings (SSSR count). The topological polar surface area (TPSA) is 60.3 Å². The lowest BCUT2D eigenvalue weighted by Crippen LogP contribution is -2.50. The molecule has 0 bridgehead atoms. The molecule has 6 nitrogen and oxygen atoms in total. The van der Waals surface area contributed by atoms with Crippen molar-refractivity contribution in [3.05, 3.63) is 82.6 Å². The van der Waals surface area contributed by atoms with E-state index < -0.39 is 0 Å². The number of aromatic hydroxyl groups is 1. The number of methoxy groups -OCH3 is 1. The van der Waals surface area contributed by atoms with Crippen LogP contribution in [0.25, 0.3) is 0 Å². The molecule has 8 heteroatoms. The van der Waals surface area contributed by atoms with E-state index in [1.54, 1.807) is 37.4 Å². The number of guanidine groups is 1. The van der Waals surface area contributed by atoms with E-state index in [4.69, 9.17) is 9.73 Å². The quantitative estimate of drug-likeness (QED) is 0.283. The van der Waals surface area contributed by atoms with Crippen LogP contribution in [0, 0.1) is 5.82 Å². The van der Waals surface area contributed by atoms with Crippen LogP contribution in [-0.4, -0.2) is 49.3 Å². The highest BCUT2D eigenvalue weighted by atomic mass is 79.9. The Hall–Kier alpha value is -3.26. The van der Waals surface area contributed by atoms with Crippen molar-refractivity contribution in [1.29, 1.82) is 0 Å². The molecular formula is C25H26BrFN4O2. The average molecular weight is 513 g/mol. The van der Waals surface area contributed by atoms with Gasteiger partial charge in [-0.2, -0.15) is 0 Å². The van der Waals surface area contributed by atoms with E-state index in [0.29, 0.717) is 17.2 Å². The van der Waals surface area contributed by atoms with Gasteiger partial charge in [0.15, 0.2) is 5.96 Å². The molecule has 1 heterocycles. The van der Waals surface area contributed by atoms with Gasteiger partial charge in [-0.25, -0.2) is 9.38 Å². The third kappa shape index (κ3) is 5.76. The molecule has 1 aliphatic rings. The largest absolute Gasteiger partial charge is 0.506 e. The molecule has 172 valence electrons. The molecule has 0 spiro atoms. The normalized spacial score (nSPS) is 14.3. The van der Waals surface area contributed by atoms with E-state index in [1.165, 1.54) is 6.07 Å². The first-order valence-corrected chi connectivity index (χ1v) is 11.5. The highest BCUT2D eigenvalue weighted by molar-refractivity contribution is 9.10. The number of hydrogen-bond acceptors (Lipinski definition) is 4. The number of nitrogens with one attached hydrogen (secondary N) is 1. The summed E-state index contributed by atoms with van der Waals surface area (Å²) in [6, 6.07) is 19.9. The van der Waals surface area contributed by atoms with Crippen LogP contribution in [0.15, 0.2) is 76.2 Å². The fourth-order valence-electron chi connectivity index (χ4n) is 3.73. The van der Waals surface area contributed by atoms with Crippen molar-refractivity contribution in [1.82, 2.24) is 4.90 Å². The zero-order chi connectivity index (χ0) is 23.2. The predicted octanol–water partition coefficient (Wildman–Crippen LogP) is 5.09. The lowest BCUT2D eigenvalue weighted by Gasteiger charge is -2.38. The van der Waals surface area contributed by atoms with Crippen molar-refractivity contribution in [2.75, 3.05) is 43.5 Å². The van der Waals surface area contributed by atoms with Gasteiger partial charge in [-0.1, -0.05) is 34.1 Å². The number of halogens is 2. The number of phenolic OH excluding ortho intramolecular Hbond substituents is 1. The zero-order valence-electron chi connectivity index (χ0n) is 18.3. The summed E-state index contributed by atoms with van der Waals surface area (Å²) < 4.78 is 20.4. The molecule has 0 amide bonds. The molecule has 0 unspecified atom stereocenters. The zero-order valence-corrected chi connectivity index (χ0v) is 19.9. The van der Waals surface area contributed by atoms with Crippen LogP contribution in [0.3, 0.4) is 0 Å². The summed E-state index contributed by atoms with van der Waals surface area (Å²) in [5, 5.41) is 13.5. The molecule has 0 aliphatic carbocycles. The molecule has 3 aromatic carbocycles. The van der Waals surface area contributed by atoms with Crippen molar-refractivity contribution in [3.8, 4) is 11.5 Å². The summed E-state index contributed by atoms with van der Waals surface area (Å²) in [6.45, 7) is 3.20. The maximum absolute atomic E-state index is 14.3. The second kappa shape index (κ2) is 10.6. The average Bonchev–Trinajstić information content (AvgIpc) is 2.85. The van der Waals surface area contributed by atoms with E-state index in [9.17, 15) is 9.50 Å². The molecule has 0 atom stereocenters. The number of rotatable bonds is 5. The molecule has 0 radical (unpaired) electrons. The third-order valence-electron chi connectivity index (χ3n) is 5.56. The summed E-state index contributed by atoms with van der Waals surface area (Å²) in [5.74, 6) is 1.26. The molecule has 0 aromatic heterocycles. The van der Waals surface area contributed by atoms with Crippen LogP contribution < -0.4 is 15.0 Å². The Morgan fingerprint density at radius 1 is 1.06 bits per heavy atom. The number of nitrogens with zero attached hydrogens (tertiary/aromatic N) is 3. The molecule has 1 fully saturated rings. The van der Waals surface area contributed by atoms with Crippen molar-refractivity contribution in [2.45, 2.75) is 6.54 Å². The maximum Gasteiger partial charge on any atom is 0.199 e. The van der Waals surface area contributed by atoms with Gasteiger partial charge in [-0.15, -0.1) is 0 Å². The van der Waals surface area contributed by atoms with E-state index in [0.717, 1.165) is 42.1 Å². The predicted molar refractivity (Wildman–Crippen MR) is 134 cm³/mol. The van der Waals surface area contributed by atoms with Gasteiger partial charge in [-0.05, 0) is 42.5 Å². The lowest BCUT2D eigenvalue weighted by molar-refractivity contribution is 0.382. The van der Waals surface area contributed by atoms with Gasteiger partial charge in [0.1, 0.15) is 17.3 Å². The first-order valence-electron chi connectivity index (χ1n) is 10.7. The van der Waals surface area contributed by atoms with Gasteiger partial charge in [0.05, 0.1) is 19.3 Å². The van der Waals surface area contributed by atoms with Crippen molar-refractivity contribution in [2.24, 2.45) is 4.99 Å². The second-order valence-corrected chi connectivity index (χ2v) is 8.61. The highest BCUT2D eigenvalue weighted by Gasteiger charge is 2.21. The SMILES string of the molecule is COc1cccc(N2CCN(C(=NCc3cc(Br)ccc3F)Nc3ccccc3O)CC2)c1. The molecule has 1 aliphatic heterocycles. The molecule has 0 saturated carbocycles. The van der Waals surface area contributed by atoms with Gasteiger partial charge < -0.3 is 25.0 Å². The number of anilines is 2. The third-order valence-corrected chi connectivity index (χ3v) is 6.05. The van der Waals surface area contributed by atoms with E-state index >= 15 is 0 Å². The fourth-order valence-corrected chi connectivity index (χ4v) is 4.14. The van der Waals surface area contributed by atoms with E-state index in [-0.39, 0.29) is 18.1 Å². The van der Waals surface area contributed by atoms with Crippen LogP contribution in [0.5, 0.6) is 11.5 Å². The molecule has 3 aromatic rings. The number of ether oxygens (including phenoxy) is 1. The number of benzene rings is 3. The van der Waals surface area contributed by atoms with Crippen LogP contribution in [0.2, 0.25) is 0 Å². The second-order valence-electron chi connectivity index (χ2n) is 7.69. The molecular weight excluding hydrogens is 487 g/mol. The Kier molecular flexibility index (Phi) is 7.34. The smallest absolute Gasteiger partial charge is 0.199 e. The van der Waals surface area contributed by atoms with E-state index in [1.807, 2.05) is 24.3 Å². The van der Waals surface area contributed by atoms with Gasteiger partial charge in [0, 0.05) is 48.0 Å². The number of para-hydroxylation sites is 2. The van der Waals surface area contributed by atoms with Crippen LogP contribution in [0.1, 0.15) is 5.56 Å². The summed E-state index contributed by atoms with van der Waals surface area (Å²) in [4.78, 5) is 9.12. The summed E-state index contributed by atoms with van der Waals surface area (Å²) in [6.07, 6.45) is 0. The standard InChI is InChI=1S/C25H26BrFN4O2/c1-33-21-6-4-5-20(16-21)30-11-13-31(14-12-30)25(29-23-7-2-3-8-24(23)32)28-17-18-15-19(26)9-10-22(18)27/h2-10,15-16,32H,11-14,17H2,1H3,(H,28,29). The Bertz CT molecular complexity index is 1130. The first-order chi connectivity index (χ1) is 16.0. The van der Waals surface area contributed by atoms with Crippen LogP contribution in [0.4, 0.5) is 15.8 Å². The fraction of sp³-hybridized carbons (Fsp3) is 0.240. The summed E-state index contributed by atoms with van der Waals surface area (Å²) >= 11 is 3.39. The Morgan fingerprint density at radius 3 is 2.61 bits per heavy atom. The van der Waals surface area contributed by atoms with Gasteiger partial charge in [-0.3, -0.25) is 0 Å². The minimum absolute atomic E-state index is 0.133. The molecule has 33 heavy (non-hydrogen) atoms. The van der Waals surface area contributed by atoms with Crippen LogP contribution >= 0.6 is 15.9 Å². The van der Waals surface area contributed by atoms with Gasteiger partial charge in [0.2, 0.25) is 0 Å². The van der Waals surface area contributed by atoms with Crippen LogP contribution in [-0.2, 0) is 6.54 Å². The molecule has 2 N–H and O–H groups in total. The minimum atomic E-state index is -0.299. The Balaban J connectivity index is 1.53. The Labute approximate surface area is 201 Å². The van der Waals surface area contributed by atoms with Crippen molar-refractivity contribution < 1.29 is 14.2 Å². The van der Waals surface area contributed by atoms with Crippen molar-refractivity contribution >= 4 is 33.3 Å². The van der Waals surface area contributed by atoms with Gasteiger partial charge >= 0.3 is 0 Å². The number of phenols is 1. The maximum atomic E-state index is 14.3. The minimum Gasteiger partial charge on any atom is -0.506 e. The summed E-state index contributed by atoms with van der Waals surface area (Å²) in [5.41, 5.74) is 2.16. The molecule has 1 saturated heterocycles. The number of hydrogen-bond donors (Lipinski definition) is 2. The number of piperazine rings is 1. The highest BCUT2D eigenvalue weighted by Crippen LogP contribution is 2.25. The summed E-state index contributed by atoms with van der Waals surface area (Å²) in [7, 11) is 1.67. The Morgan fingerprint density at radius 2 is 1.85 bits per heavy atom. The van der Waals surface area contributed by atoms with Gasteiger partial charge in [0.25, 0.3) is 0 Å².